The SMILES string of the molecule is Cc1ccc(C(=O)Nc2nnc(C3CC3)s2)cc1C. The number of nitrogens with zero attached hydrogens (tertiary/aromatic N) is 2. The van der Waals surface area contributed by atoms with Crippen LogP contribution in [0.1, 0.15) is 45.3 Å². The van der Waals surface area contributed by atoms with E-state index in [0.717, 1.165) is 10.6 Å². The van der Waals surface area contributed by atoms with Gasteiger partial charge in [-0.3, -0.25) is 10.1 Å². The quantitative estimate of drug-likeness (QED) is 0.933. The molecule has 1 fully saturated rings. The molecule has 0 bridgehead atoms. The maximum Gasteiger partial charge on any atom is 0.257 e. The van der Waals surface area contributed by atoms with Gasteiger partial charge in [0.25, 0.3) is 5.91 Å². The normalized spacial score (nSPS) is 14.4. The van der Waals surface area contributed by atoms with E-state index in [0.29, 0.717) is 16.6 Å². The lowest BCUT2D eigenvalue weighted by Crippen LogP contribution is -2.12. The van der Waals surface area contributed by atoms with Crippen molar-refractivity contribution in [1.82, 2.24) is 10.2 Å². The van der Waals surface area contributed by atoms with Gasteiger partial charge >= 0.3 is 0 Å². The molecule has 2 aromatic rings. The molecule has 0 atom stereocenters. The predicted octanol–water partition coefficient (Wildman–Crippen LogP) is 3.28. The number of benzene rings is 1. The number of aromatic nitrogens is 2. The third-order valence-electron chi connectivity index (χ3n) is 3.36. The summed E-state index contributed by atoms with van der Waals surface area (Å²) in [5.74, 6) is 0.450. The van der Waals surface area contributed by atoms with Gasteiger partial charge in [-0.15, -0.1) is 10.2 Å². The number of carbonyl (C=O) groups excluding carboxylic acids is 1. The fraction of sp³-hybridized carbons (Fsp3) is 0.357. The Kier molecular flexibility index (Phi) is 3.06. The van der Waals surface area contributed by atoms with Crippen molar-refractivity contribution in [2.24, 2.45) is 0 Å². The molecule has 1 N–H and O–H groups in total. The molecule has 0 aliphatic heterocycles. The standard InChI is InChI=1S/C14H15N3OS/c1-8-3-4-11(7-9(8)2)12(18)15-14-17-16-13(19-14)10-5-6-10/h3-4,7,10H,5-6H2,1-2H3,(H,15,17,18). The molecule has 1 aliphatic carbocycles. The number of amides is 1. The summed E-state index contributed by atoms with van der Waals surface area (Å²) in [4.78, 5) is 12.1. The highest BCUT2D eigenvalue weighted by Gasteiger charge is 2.27. The monoisotopic (exact) mass is 273 g/mol. The lowest BCUT2D eigenvalue weighted by molar-refractivity contribution is 0.102. The molecule has 3 rings (SSSR count). The Labute approximate surface area is 115 Å². The van der Waals surface area contributed by atoms with Crippen molar-refractivity contribution in [1.29, 1.82) is 0 Å². The first-order valence-corrected chi connectivity index (χ1v) is 7.17. The third kappa shape index (κ3) is 2.66. The molecule has 1 amide bonds. The molecule has 19 heavy (non-hydrogen) atoms. The highest BCUT2D eigenvalue weighted by molar-refractivity contribution is 7.15. The largest absolute Gasteiger partial charge is 0.296 e. The molecule has 1 aromatic heterocycles. The van der Waals surface area contributed by atoms with Crippen molar-refractivity contribution in [3.05, 3.63) is 39.9 Å². The average Bonchev–Trinajstić information content (AvgIpc) is 3.14. The van der Waals surface area contributed by atoms with Crippen molar-refractivity contribution in [3.8, 4) is 0 Å². The van der Waals surface area contributed by atoms with Gasteiger partial charge in [-0.25, -0.2) is 0 Å². The molecule has 5 heteroatoms. The summed E-state index contributed by atoms with van der Waals surface area (Å²) >= 11 is 1.48. The van der Waals surface area contributed by atoms with Crippen LogP contribution >= 0.6 is 11.3 Å². The zero-order chi connectivity index (χ0) is 13.4. The maximum atomic E-state index is 12.1. The second-order valence-electron chi connectivity index (χ2n) is 4.97. The van der Waals surface area contributed by atoms with Crippen LogP contribution in [0.3, 0.4) is 0 Å². The average molecular weight is 273 g/mol. The summed E-state index contributed by atoms with van der Waals surface area (Å²) in [6, 6.07) is 5.69. The minimum atomic E-state index is -0.124. The first-order valence-electron chi connectivity index (χ1n) is 6.35. The van der Waals surface area contributed by atoms with Gasteiger partial charge in [0.2, 0.25) is 5.13 Å². The second-order valence-corrected chi connectivity index (χ2v) is 5.98. The van der Waals surface area contributed by atoms with E-state index in [1.54, 1.807) is 0 Å². The molecule has 1 heterocycles. The zero-order valence-corrected chi connectivity index (χ0v) is 11.8. The van der Waals surface area contributed by atoms with Crippen LogP contribution in [0.2, 0.25) is 0 Å². The summed E-state index contributed by atoms with van der Waals surface area (Å²) in [5.41, 5.74) is 2.96. The van der Waals surface area contributed by atoms with Gasteiger partial charge in [0.05, 0.1) is 0 Å². The topological polar surface area (TPSA) is 54.9 Å². The summed E-state index contributed by atoms with van der Waals surface area (Å²) < 4.78 is 0. The summed E-state index contributed by atoms with van der Waals surface area (Å²) in [7, 11) is 0. The number of nitrogens with one attached hydrogen (secondary N) is 1. The summed E-state index contributed by atoms with van der Waals surface area (Å²) in [5, 5.41) is 12.6. The number of hydrogen-bond donors (Lipinski definition) is 1. The van der Waals surface area contributed by atoms with Gasteiger partial charge in [-0.05, 0) is 49.9 Å². The van der Waals surface area contributed by atoms with Gasteiger partial charge in [0.15, 0.2) is 0 Å². The highest BCUT2D eigenvalue weighted by Crippen LogP contribution is 2.42. The van der Waals surface area contributed by atoms with Crippen molar-refractivity contribution in [3.63, 3.8) is 0 Å². The lowest BCUT2D eigenvalue weighted by Gasteiger charge is -2.04. The molecule has 0 unspecified atom stereocenters. The molecule has 98 valence electrons. The van der Waals surface area contributed by atoms with Crippen LogP contribution in [-0.2, 0) is 0 Å². The van der Waals surface area contributed by atoms with E-state index in [-0.39, 0.29) is 5.91 Å². The van der Waals surface area contributed by atoms with Crippen LogP contribution in [-0.4, -0.2) is 16.1 Å². The zero-order valence-electron chi connectivity index (χ0n) is 10.9. The molecule has 1 saturated carbocycles. The van der Waals surface area contributed by atoms with Crippen LogP contribution in [0.25, 0.3) is 0 Å². The van der Waals surface area contributed by atoms with Crippen LogP contribution in [0.15, 0.2) is 18.2 Å². The molecule has 0 radical (unpaired) electrons. The van der Waals surface area contributed by atoms with Crippen molar-refractivity contribution < 1.29 is 4.79 Å². The molecular weight excluding hydrogens is 258 g/mol. The molecule has 0 saturated heterocycles. The van der Waals surface area contributed by atoms with E-state index < -0.39 is 0 Å². The lowest BCUT2D eigenvalue weighted by atomic mass is 10.1. The first kappa shape index (κ1) is 12.3. The van der Waals surface area contributed by atoms with E-state index in [4.69, 9.17) is 0 Å². The Balaban J connectivity index is 1.74. The predicted molar refractivity (Wildman–Crippen MR) is 75.8 cm³/mol. The van der Waals surface area contributed by atoms with E-state index in [9.17, 15) is 4.79 Å². The fourth-order valence-corrected chi connectivity index (χ4v) is 2.74. The van der Waals surface area contributed by atoms with Gasteiger partial charge in [0.1, 0.15) is 5.01 Å². The Bertz CT molecular complexity index is 631. The molecule has 4 nitrogen and oxygen atoms in total. The number of anilines is 1. The number of rotatable bonds is 3. The van der Waals surface area contributed by atoms with Crippen LogP contribution in [0.5, 0.6) is 0 Å². The molecular formula is C14H15N3OS. The van der Waals surface area contributed by atoms with Crippen LogP contribution in [0, 0.1) is 13.8 Å². The smallest absolute Gasteiger partial charge is 0.257 e. The Hall–Kier alpha value is -1.75. The minimum Gasteiger partial charge on any atom is -0.296 e. The van der Waals surface area contributed by atoms with Crippen molar-refractivity contribution in [2.75, 3.05) is 5.32 Å². The first-order chi connectivity index (χ1) is 9.13. The van der Waals surface area contributed by atoms with Crippen molar-refractivity contribution >= 4 is 22.4 Å². The van der Waals surface area contributed by atoms with Gasteiger partial charge in [0, 0.05) is 11.5 Å². The van der Waals surface area contributed by atoms with E-state index in [2.05, 4.69) is 15.5 Å². The number of aryl methyl sites for hydroxylation is 2. The summed E-state index contributed by atoms with van der Waals surface area (Å²) in [6.07, 6.45) is 2.39. The van der Waals surface area contributed by atoms with Gasteiger partial charge in [-0.1, -0.05) is 17.4 Å². The number of hydrogen-bond acceptors (Lipinski definition) is 4. The Morgan fingerprint density at radius 3 is 2.74 bits per heavy atom. The van der Waals surface area contributed by atoms with E-state index in [1.807, 2.05) is 32.0 Å². The van der Waals surface area contributed by atoms with Crippen LogP contribution < -0.4 is 5.32 Å². The summed E-state index contributed by atoms with van der Waals surface area (Å²) in [6.45, 7) is 4.03. The van der Waals surface area contributed by atoms with E-state index >= 15 is 0 Å². The maximum absolute atomic E-state index is 12.1. The van der Waals surface area contributed by atoms with Gasteiger partial charge < -0.3 is 0 Å². The minimum absolute atomic E-state index is 0.124. The van der Waals surface area contributed by atoms with Crippen molar-refractivity contribution in [2.45, 2.75) is 32.6 Å². The highest BCUT2D eigenvalue weighted by atomic mass is 32.1. The van der Waals surface area contributed by atoms with Crippen LogP contribution in [0.4, 0.5) is 5.13 Å². The van der Waals surface area contributed by atoms with E-state index in [1.165, 1.54) is 29.7 Å². The molecule has 1 aliphatic rings. The Morgan fingerprint density at radius 2 is 2.05 bits per heavy atom. The fourth-order valence-electron chi connectivity index (χ4n) is 1.83. The molecule has 0 spiro atoms. The number of carbonyl (C=O) groups is 1. The molecule has 1 aromatic carbocycles. The second kappa shape index (κ2) is 4.74. The third-order valence-corrected chi connectivity index (χ3v) is 4.36. The van der Waals surface area contributed by atoms with Gasteiger partial charge in [-0.2, -0.15) is 0 Å². The Morgan fingerprint density at radius 1 is 1.26 bits per heavy atom.